The van der Waals surface area contributed by atoms with Gasteiger partial charge in [-0.15, -0.1) is 11.8 Å². The van der Waals surface area contributed by atoms with Crippen molar-refractivity contribution in [1.82, 2.24) is 9.88 Å². The highest BCUT2D eigenvalue weighted by Gasteiger charge is 2.44. The Kier molecular flexibility index (Phi) is 4.88. The number of methoxy groups -OCH3 is 1. The molecule has 6 heteroatoms. The van der Waals surface area contributed by atoms with E-state index in [0.29, 0.717) is 12.1 Å². The van der Waals surface area contributed by atoms with Gasteiger partial charge in [0.2, 0.25) is 0 Å². The van der Waals surface area contributed by atoms with Gasteiger partial charge in [0.1, 0.15) is 5.69 Å². The van der Waals surface area contributed by atoms with Crippen LogP contribution in [-0.2, 0) is 9.53 Å². The summed E-state index contributed by atoms with van der Waals surface area (Å²) in [6.07, 6.45) is 4.25. The summed E-state index contributed by atoms with van der Waals surface area (Å²) in [6, 6.07) is 3.70. The van der Waals surface area contributed by atoms with Crippen LogP contribution in [-0.4, -0.2) is 48.7 Å². The van der Waals surface area contributed by atoms with Crippen LogP contribution in [0.25, 0.3) is 0 Å². The smallest absolute Gasteiger partial charge is 0.306 e. The van der Waals surface area contributed by atoms with Crippen LogP contribution in [0.3, 0.4) is 0 Å². The maximum Gasteiger partial charge on any atom is 0.306 e. The maximum atomic E-state index is 11.9. The van der Waals surface area contributed by atoms with Crippen molar-refractivity contribution in [2.24, 2.45) is 5.41 Å². The Labute approximate surface area is 129 Å². The number of rotatable bonds is 6. The number of nitrogens with zero attached hydrogens (tertiary/aromatic N) is 2. The van der Waals surface area contributed by atoms with Crippen LogP contribution in [0.5, 0.6) is 0 Å². The molecule has 1 aliphatic carbocycles. The van der Waals surface area contributed by atoms with Crippen molar-refractivity contribution in [3.05, 3.63) is 24.0 Å². The molecule has 1 heterocycles. The molecule has 5 nitrogen and oxygen atoms in total. The van der Waals surface area contributed by atoms with Crippen molar-refractivity contribution in [3.8, 4) is 0 Å². The van der Waals surface area contributed by atoms with E-state index in [0.717, 1.165) is 23.5 Å². The molecule has 0 aliphatic heterocycles. The van der Waals surface area contributed by atoms with Crippen LogP contribution in [0.4, 0.5) is 0 Å². The second-order valence-corrected chi connectivity index (χ2v) is 6.67. The summed E-state index contributed by atoms with van der Waals surface area (Å²) in [6.45, 7) is 0. The Morgan fingerprint density at radius 3 is 2.71 bits per heavy atom. The minimum Gasteiger partial charge on any atom is -0.469 e. The molecule has 1 amide bonds. The Hall–Kier alpha value is -1.56. The van der Waals surface area contributed by atoms with E-state index in [2.05, 4.69) is 4.98 Å². The first kappa shape index (κ1) is 15.8. The topological polar surface area (TPSA) is 59.5 Å². The molecular formula is C15H20N2O3S. The maximum absolute atomic E-state index is 11.9. The van der Waals surface area contributed by atoms with Gasteiger partial charge in [0.05, 0.1) is 13.5 Å². The van der Waals surface area contributed by atoms with E-state index >= 15 is 0 Å². The van der Waals surface area contributed by atoms with E-state index in [9.17, 15) is 9.59 Å². The molecule has 0 aromatic carbocycles. The molecule has 114 valence electrons. The lowest BCUT2D eigenvalue weighted by molar-refractivity contribution is -0.141. The van der Waals surface area contributed by atoms with Crippen LogP contribution in [0.1, 0.15) is 29.8 Å². The number of amides is 1. The second-order valence-electron chi connectivity index (χ2n) is 5.62. The molecule has 1 aliphatic rings. The normalized spacial score (nSPS) is 15.4. The fourth-order valence-corrected chi connectivity index (χ4v) is 3.23. The molecule has 0 saturated heterocycles. The molecule has 1 aromatic rings. The minimum absolute atomic E-state index is 0.0761. The molecule has 0 unspecified atom stereocenters. The molecule has 0 radical (unpaired) electrons. The van der Waals surface area contributed by atoms with Crippen LogP contribution in [0, 0.1) is 5.41 Å². The van der Waals surface area contributed by atoms with E-state index < -0.39 is 0 Å². The Morgan fingerprint density at radius 1 is 1.43 bits per heavy atom. The number of hydrogen-bond acceptors (Lipinski definition) is 5. The molecule has 0 bridgehead atoms. The first-order chi connectivity index (χ1) is 9.96. The second kappa shape index (κ2) is 6.47. The minimum atomic E-state index is -0.147. The zero-order valence-electron chi connectivity index (χ0n) is 12.6. The van der Waals surface area contributed by atoms with E-state index in [1.54, 1.807) is 38.1 Å². The first-order valence-electron chi connectivity index (χ1n) is 6.83. The third kappa shape index (κ3) is 4.20. The van der Waals surface area contributed by atoms with Gasteiger partial charge in [-0.25, -0.2) is 0 Å². The lowest BCUT2D eigenvalue weighted by Crippen LogP contribution is -2.22. The summed E-state index contributed by atoms with van der Waals surface area (Å²) in [4.78, 5) is 29.9. The number of aromatic nitrogens is 1. The third-order valence-electron chi connectivity index (χ3n) is 3.61. The van der Waals surface area contributed by atoms with Crippen molar-refractivity contribution >= 4 is 23.6 Å². The average molecular weight is 308 g/mol. The van der Waals surface area contributed by atoms with Gasteiger partial charge < -0.3 is 9.64 Å². The van der Waals surface area contributed by atoms with E-state index in [1.165, 1.54) is 12.0 Å². The number of carbonyl (C=O) groups is 2. The Bertz CT molecular complexity index is 541. The SMILES string of the molecule is COC(=O)CC1(CSc2ccnc(C(=O)N(C)C)c2)CC1. The van der Waals surface area contributed by atoms with Gasteiger partial charge in [0, 0.05) is 30.9 Å². The number of hydrogen-bond donors (Lipinski definition) is 0. The highest BCUT2D eigenvalue weighted by Crippen LogP contribution is 2.52. The van der Waals surface area contributed by atoms with Gasteiger partial charge in [-0.1, -0.05) is 0 Å². The molecule has 0 N–H and O–H groups in total. The number of thioether (sulfide) groups is 1. The number of ether oxygens (including phenoxy) is 1. The molecule has 2 rings (SSSR count). The zero-order valence-corrected chi connectivity index (χ0v) is 13.4. The van der Waals surface area contributed by atoms with Gasteiger partial charge >= 0.3 is 5.97 Å². The predicted octanol–water partition coefficient (Wildman–Crippen LogP) is 2.22. The highest BCUT2D eigenvalue weighted by molar-refractivity contribution is 7.99. The molecular weight excluding hydrogens is 288 g/mol. The van der Waals surface area contributed by atoms with Crippen LogP contribution in [0.15, 0.2) is 23.2 Å². The quantitative estimate of drug-likeness (QED) is 0.596. The average Bonchev–Trinajstić information content (AvgIpc) is 3.24. The lowest BCUT2D eigenvalue weighted by Gasteiger charge is -2.14. The Morgan fingerprint density at radius 2 is 2.14 bits per heavy atom. The van der Waals surface area contributed by atoms with Crippen LogP contribution >= 0.6 is 11.8 Å². The van der Waals surface area contributed by atoms with Crippen molar-refractivity contribution < 1.29 is 14.3 Å². The first-order valence-corrected chi connectivity index (χ1v) is 7.82. The standard InChI is InChI=1S/C15H20N2O3S/c1-17(2)14(19)12-8-11(4-7-16-12)21-10-15(5-6-15)9-13(18)20-3/h4,7-8H,5-6,9-10H2,1-3H3. The zero-order chi connectivity index (χ0) is 15.5. The summed E-state index contributed by atoms with van der Waals surface area (Å²) < 4.78 is 4.75. The fourth-order valence-electron chi connectivity index (χ4n) is 2.01. The highest BCUT2D eigenvalue weighted by atomic mass is 32.2. The monoisotopic (exact) mass is 308 g/mol. The van der Waals surface area contributed by atoms with E-state index in [-0.39, 0.29) is 17.3 Å². The third-order valence-corrected chi connectivity index (χ3v) is 4.95. The fraction of sp³-hybridized carbons (Fsp3) is 0.533. The predicted molar refractivity (Wildman–Crippen MR) is 81.3 cm³/mol. The summed E-state index contributed by atoms with van der Waals surface area (Å²) in [7, 11) is 4.84. The summed E-state index contributed by atoms with van der Waals surface area (Å²) in [5.41, 5.74) is 0.523. The van der Waals surface area contributed by atoms with Crippen LogP contribution < -0.4 is 0 Å². The lowest BCUT2D eigenvalue weighted by atomic mass is 10.1. The molecule has 0 atom stereocenters. The van der Waals surface area contributed by atoms with Gasteiger partial charge in [0.25, 0.3) is 5.91 Å². The van der Waals surface area contributed by atoms with Gasteiger partial charge in [-0.05, 0) is 30.4 Å². The van der Waals surface area contributed by atoms with Gasteiger partial charge in [0.15, 0.2) is 0 Å². The largest absolute Gasteiger partial charge is 0.469 e. The van der Waals surface area contributed by atoms with Crippen molar-refractivity contribution in [2.45, 2.75) is 24.2 Å². The molecule has 1 fully saturated rings. The van der Waals surface area contributed by atoms with E-state index in [1.807, 2.05) is 6.07 Å². The van der Waals surface area contributed by atoms with E-state index in [4.69, 9.17) is 4.74 Å². The van der Waals surface area contributed by atoms with Crippen molar-refractivity contribution in [2.75, 3.05) is 27.0 Å². The Balaban J connectivity index is 1.96. The molecule has 1 saturated carbocycles. The van der Waals surface area contributed by atoms with Crippen molar-refractivity contribution in [1.29, 1.82) is 0 Å². The summed E-state index contributed by atoms with van der Waals surface area (Å²) in [5, 5.41) is 0. The number of pyridine rings is 1. The van der Waals surface area contributed by atoms with Crippen molar-refractivity contribution in [3.63, 3.8) is 0 Å². The summed E-state index contributed by atoms with van der Waals surface area (Å²) >= 11 is 1.67. The molecule has 1 aromatic heterocycles. The summed E-state index contributed by atoms with van der Waals surface area (Å²) in [5.74, 6) is 0.612. The van der Waals surface area contributed by atoms with Gasteiger partial charge in [-0.2, -0.15) is 0 Å². The van der Waals surface area contributed by atoms with Crippen LogP contribution in [0.2, 0.25) is 0 Å². The molecule has 21 heavy (non-hydrogen) atoms. The molecule has 0 spiro atoms. The number of esters is 1. The number of carbonyl (C=O) groups excluding carboxylic acids is 2. The van der Waals surface area contributed by atoms with Gasteiger partial charge in [-0.3, -0.25) is 14.6 Å².